The topological polar surface area (TPSA) is 78.3 Å². The maximum absolute atomic E-state index is 13.2. The van der Waals surface area contributed by atoms with E-state index in [0.29, 0.717) is 24.1 Å². The number of aliphatic hydroxyl groups is 2. The summed E-state index contributed by atoms with van der Waals surface area (Å²) in [6.07, 6.45) is -0.661. The summed E-state index contributed by atoms with van der Waals surface area (Å²) in [6.45, 7) is -0.138. The standard InChI is InChI=1S/C27H28F3N3O2/c28-27(29,30)19-7-3-6-18(10-19)26-31-9-8-20(33-26)13-22-23(15-34)25(35)14-24(22)32-21-11-16-4-1-2-5-17(16)12-21/h1-10,21-25,32,34-35H,11-15H2/t22-,23-,24-,25-/m1/s1. The highest BCUT2D eigenvalue weighted by Gasteiger charge is 2.43. The van der Waals surface area contributed by atoms with E-state index < -0.39 is 17.8 Å². The SMILES string of the molecule is OC[C@@H]1[C@@H](Cc2ccnc(-c3cccc(C(F)(F)F)c3)n2)[C@H](NC2Cc3ccccc3C2)C[C@H]1O. The zero-order valence-corrected chi connectivity index (χ0v) is 19.1. The summed E-state index contributed by atoms with van der Waals surface area (Å²) >= 11 is 0. The van der Waals surface area contributed by atoms with E-state index in [0.717, 1.165) is 25.0 Å². The molecule has 3 aromatic rings. The van der Waals surface area contributed by atoms with Crippen molar-refractivity contribution in [1.82, 2.24) is 15.3 Å². The van der Waals surface area contributed by atoms with Gasteiger partial charge in [0.15, 0.2) is 5.82 Å². The van der Waals surface area contributed by atoms with Crippen molar-refractivity contribution in [2.45, 2.75) is 50.0 Å². The highest BCUT2D eigenvalue weighted by molar-refractivity contribution is 5.56. The molecular weight excluding hydrogens is 455 g/mol. The van der Waals surface area contributed by atoms with Gasteiger partial charge in [0, 0.05) is 42.1 Å². The quantitative estimate of drug-likeness (QED) is 0.497. The Kier molecular flexibility index (Phi) is 6.61. The van der Waals surface area contributed by atoms with Crippen LogP contribution in [0.3, 0.4) is 0 Å². The van der Waals surface area contributed by atoms with Crippen LogP contribution in [0.4, 0.5) is 13.2 Å². The van der Waals surface area contributed by atoms with Crippen molar-refractivity contribution in [3.63, 3.8) is 0 Å². The third-order valence-electron chi connectivity index (χ3n) is 7.37. The molecule has 1 aromatic heterocycles. The molecule has 1 saturated carbocycles. The number of fused-ring (bicyclic) bond motifs is 1. The van der Waals surface area contributed by atoms with E-state index in [4.69, 9.17) is 0 Å². The monoisotopic (exact) mass is 483 g/mol. The Morgan fingerprint density at radius 1 is 0.971 bits per heavy atom. The number of benzene rings is 2. The molecule has 1 heterocycles. The van der Waals surface area contributed by atoms with Crippen LogP contribution in [0.1, 0.15) is 28.8 Å². The van der Waals surface area contributed by atoms with Crippen molar-refractivity contribution in [1.29, 1.82) is 0 Å². The second-order valence-corrected chi connectivity index (χ2v) is 9.61. The van der Waals surface area contributed by atoms with Gasteiger partial charge in [0.05, 0.1) is 11.7 Å². The van der Waals surface area contributed by atoms with Crippen LogP contribution in [0.5, 0.6) is 0 Å². The molecule has 0 aliphatic heterocycles. The number of rotatable bonds is 6. The van der Waals surface area contributed by atoms with E-state index in [2.05, 4.69) is 27.4 Å². The largest absolute Gasteiger partial charge is 0.416 e. The van der Waals surface area contributed by atoms with Crippen molar-refractivity contribution in [3.05, 3.63) is 83.2 Å². The highest BCUT2D eigenvalue weighted by atomic mass is 19.4. The van der Waals surface area contributed by atoms with Crippen LogP contribution >= 0.6 is 0 Å². The number of nitrogens with one attached hydrogen (secondary N) is 1. The first-order valence-electron chi connectivity index (χ1n) is 11.9. The average Bonchev–Trinajstić information content (AvgIpc) is 3.38. The smallest absolute Gasteiger partial charge is 0.396 e. The van der Waals surface area contributed by atoms with Gasteiger partial charge in [-0.1, -0.05) is 36.4 Å². The second-order valence-electron chi connectivity index (χ2n) is 9.61. The number of halogens is 3. The fourth-order valence-electron chi connectivity index (χ4n) is 5.64. The van der Waals surface area contributed by atoms with Crippen LogP contribution in [-0.2, 0) is 25.4 Å². The first-order chi connectivity index (χ1) is 16.8. The van der Waals surface area contributed by atoms with Gasteiger partial charge in [0.25, 0.3) is 0 Å². The fourth-order valence-corrected chi connectivity index (χ4v) is 5.64. The van der Waals surface area contributed by atoms with Crippen molar-refractivity contribution in [2.75, 3.05) is 6.61 Å². The molecule has 8 heteroatoms. The molecule has 0 radical (unpaired) electrons. The second kappa shape index (κ2) is 9.68. The molecule has 5 rings (SSSR count). The molecule has 1 fully saturated rings. The lowest BCUT2D eigenvalue weighted by Crippen LogP contribution is -2.43. The summed E-state index contributed by atoms with van der Waals surface area (Å²) in [6, 6.07) is 15.4. The number of aliphatic hydroxyl groups excluding tert-OH is 2. The van der Waals surface area contributed by atoms with Crippen molar-refractivity contribution < 1.29 is 23.4 Å². The summed E-state index contributed by atoms with van der Waals surface area (Å²) in [4.78, 5) is 8.75. The zero-order chi connectivity index (χ0) is 24.6. The van der Waals surface area contributed by atoms with Crippen LogP contribution < -0.4 is 5.32 Å². The van der Waals surface area contributed by atoms with Gasteiger partial charge in [-0.3, -0.25) is 0 Å². The Labute approximate surface area is 202 Å². The molecule has 0 saturated heterocycles. The van der Waals surface area contributed by atoms with E-state index in [-0.39, 0.29) is 36.4 Å². The van der Waals surface area contributed by atoms with Crippen molar-refractivity contribution in [2.24, 2.45) is 11.8 Å². The van der Waals surface area contributed by atoms with E-state index in [1.807, 2.05) is 12.1 Å². The molecule has 5 nitrogen and oxygen atoms in total. The maximum atomic E-state index is 13.2. The molecule has 184 valence electrons. The van der Waals surface area contributed by atoms with Gasteiger partial charge in [0.2, 0.25) is 0 Å². The maximum Gasteiger partial charge on any atom is 0.416 e. The Morgan fingerprint density at radius 3 is 2.40 bits per heavy atom. The van der Waals surface area contributed by atoms with E-state index in [1.54, 1.807) is 18.3 Å². The molecule has 0 unspecified atom stereocenters. The van der Waals surface area contributed by atoms with Gasteiger partial charge >= 0.3 is 6.18 Å². The number of nitrogens with zero attached hydrogens (tertiary/aromatic N) is 2. The Balaban J connectivity index is 1.35. The average molecular weight is 484 g/mol. The van der Waals surface area contributed by atoms with Crippen LogP contribution in [0.25, 0.3) is 11.4 Å². The number of hydrogen-bond acceptors (Lipinski definition) is 5. The molecule has 0 spiro atoms. The molecule has 3 N–H and O–H groups in total. The van der Waals surface area contributed by atoms with Gasteiger partial charge in [-0.25, -0.2) is 9.97 Å². The lowest BCUT2D eigenvalue weighted by atomic mass is 9.88. The van der Waals surface area contributed by atoms with Gasteiger partial charge < -0.3 is 15.5 Å². The summed E-state index contributed by atoms with van der Waals surface area (Å²) in [5.74, 6) is -0.144. The number of aromatic nitrogens is 2. The van der Waals surface area contributed by atoms with E-state index in [9.17, 15) is 23.4 Å². The zero-order valence-electron chi connectivity index (χ0n) is 19.1. The Bertz CT molecular complexity index is 1160. The minimum absolute atomic E-state index is 0.00608. The van der Waals surface area contributed by atoms with Crippen LogP contribution in [0, 0.1) is 11.8 Å². The fraction of sp³-hybridized carbons (Fsp3) is 0.407. The third kappa shape index (κ3) is 5.10. The molecule has 4 atom stereocenters. The number of alkyl halides is 3. The summed E-state index contributed by atoms with van der Waals surface area (Å²) in [5.41, 5.74) is 2.89. The third-order valence-corrected chi connectivity index (χ3v) is 7.37. The predicted octanol–water partition coefficient (Wildman–Crippen LogP) is 3.82. The minimum Gasteiger partial charge on any atom is -0.396 e. The van der Waals surface area contributed by atoms with Gasteiger partial charge in [-0.05, 0) is 60.9 Å². The van der Waals surface area contributed by atoms with Crippen LogP contribution in [-0.4, -0.2) is 45.0 Å². The lowest BCUT2D eigenvalue weighted by Gasteiger charge is -2.27. The van der Waals surface area contributed by atoms with E-state index in [1.165, 1.54) is 17.2 Å². The molecule has 2 aromatic carbocycles. The molecule has 2 aliphatic carbocycles. The van der Waals surface area contributed by atoms with Crippen molar-refractivity contribution in [3.8, 4) is 11.4 Å². The molecular formula is C27H28F3N3O2. The molecule has 2 aliphatic rings. The first-order valence-corrected chi connectivity index (χ1v) is 11.9. The Morgan fingerprint density at radius 2 is 1.71 bits per heavy atom. The lowest BCUT2D eigenvalue weighted by molar-refractivity contribution is -0.137. The summed E-state index contributed by atoms with van der Waals surface area (Å²) in [5, 5.41) is 24.4. The minimum atomic E-state index is -4.44. The molecule has 35 heavy (non-hydrogen) atoms. The summed E-state index contributed by atoms with van der Waals surface area (Å²) < 4.78 is 39.5. The van der Waals surface area contributed by atoms with Gasteiger partial charge in [-0.2, -0.15) is 13.2 Å². The van der Waals surface area contributed by atoms with Crippen molar-refractivity contribution >= 4 is 0 Å². The number of hydrogen-bond donors (Lipinski definition) is 3. The van der Waals surface area contributed by atoms with Crippen LogP contribution in [0.2, 0.25) is 0 Å². The predicted molar refractivity (Wildman–Crippen MR) is 125 cm³/mol. The highest BCUT2D eigenvalue weighted by Crippen LogP contribution is 2.36. The molecule has 0 bridgehead atoms. The first kappa shape index (κ1) is 23.9. The molecule has 0 amide bonds. The normalized spacial score (nSPS) is 24.6. The van der Waals surface area contributed by atoms with Gasteiger partial charge in [0.1, 0.15) is 0 Å². The van der Waals surface area contributed by atoms with Crippen LogP contribution in [0.15, 0.2) is 60.8 Å². The van der Waals surface area contributed by atoms with Gasteiger partial charge in [-0.15, -0.1) is 0 Å². The Hall–Kier alpha value is -2.81. The van der Waals surface area contributed by atoms with E-state index >= 15 is 0 Å². The summed E-state index contributed by atoms with van der Waals surface area (Å²) in [7, 11) is 0.